The molecule has 0 radical (unpaired) electrons. The number of carbonyl (C=O) groups excluding carboxylic acids is 1. The summed E-state index contributed by atoms with van der Waals surface area (Å²) in [5.74, 6) is 0.659. The zero-order valence-corrected chi connectivity index (χ0v) is 15.7. The van der Waals surface area contributed by atoms with Gasteiger partial charge in [-0.1, -0.05) is 6.92 Å². The summed E-state index contributed by atoms with van der Waals surface area (Å²) in [5, 5.41) is 0. The highest BCUT2D eigenvalue weighted by Crippen LogP contribution is 2.30. The van der Waals surface area contributed by atoms with Crippen molar-refractivity contribution in [1.82, 2.24) is 9.21 Å². The number of piperidine rings is 1. The van der Waals surface area contributed by atoms with E-state index in [1.807, 2.05) is 4.90 Å². The summed E-state index contributed by atoms with van der Waals surface area (Å²) < 4.78 is 32.6. The largest absolute Gasteiger partial charge is 0.495 e. The van der Waals surface area contributed by atoms with Crippen molar-refractivity contribution in [3.8, 4) is 5.75 Å². The maximum absolute atomic E-state index is 12.9. The summed E-state index contributed by atoms with van der Waals surface area (Å²) in [5.41, 5.74) is 0.410. The summed E-state index contributed by atoms with van der Waals surface area (Å²) in [6.45, 7) is 4.62. The highest BCUT2D eigenvalue weighted by molar-refractivity contribution is 7.89. The summed E-state index contributed by atoms with van der Waals surface area (Å²) in [6.07, 6.45) is 3.85. The van der Waals surface area contributed by atoms with Crippen LogP contribution in [0.4, 0.5) is 0 Å². The van der Waals surface area contributed by atoms with Crippen LogP contribution in [0.15, 0.2) is 23.1 Å². The van der Waals surface area contributed by atoms with Crippen LogP contribution in [-0.4, -0.2) is 56.8 Å². The molecule has 2 fully saturated rings. The number of ether oxygens (including phenoxy) is 1. The van der Waals surface area contributed by atoms with E-state index in [1.54, 1.807) is 12.1 Å². The number of methoxy groups -OCH3 is 1. The molecule has 25 heavy (non-hydrogen) atoms. The minimum absolute atomic E-state index is 0.0906. The average Bonchev–Trinajstić information content (AvgIpc) is 3.16. The standard InChI is InChI=1S/C18H26N2O4S/c1-14-6-5-9-19(13-14)18(21)15-7-8-16(24-2)17(12-15)25(22,23)20-10-3-4-11-20/h7-8,12,14H,3-6,9-11,13H2,1-2H3. The van der Waals surface area contributed by atoms with Gasteiger partial charge in [0.1, 0.15) is 10.6 Å². The van der Waals surface area contributed by atoms with Crippen molar-refractivity contribution >= 4 is 15.9 Å². The third-order valence-corrected chi connectivity index (χ3v) is 6.96. The minimum Gasteiger partial charge on any atom is -0.495 e. The molecular weight excluding hydrogens is 340 g/mol. The molecule has 0 aromatic heterocycles. The number of nitrogens with zero attached hydrogens (tertiary/aromatic N) is 2. The molecule has 7 heteroatoms. The summed E-state index contributed by atoms with van der Waals surface area (Å²) >= 11 is 0. The molecular formula is C18H26N2O4S. The first kappa shape index (κ1) is 18.2. The van der Waals surface area contributed by atoms with Gasteiger partial charge in [0.05, 0.1) is 7.11 Å². The second kappa shape index (κ2) is 7.33. The normalized spacial score (nSPS) is 22.2. The molecule has 2 saturated heterocycles. The molecule has 1 aromatic carbocycles. The van der Waals surface area contributed by atoms with Crippen molar-refractivity contribution in [3.05, 3.63) is 23.8 Å². The Morgan fingerprint density at radius 2 is 1.88 bits per heavy atom. The van der Waals surface area contributed by atoms with Gasteiger partial charge >= 0.3 is 0 Å². The van der Waals surface area contributed by atoms with E-state index < -0.39 is 10.0 Å². The van der Waals surface area contributed by atoms with Gasteiger partial charge in [-0.15, -0.1) is 0 Å². The first-order valence-corrected chi connectivity index (χ1v) is 10.3. The molecule has 1 aromatic rings. The van der Waals surface area contributed by atoms with Crippen LogP contribution in [0.3, 0.4) is 0 Å². The number of hydrogen-bond donors (Lipinski definition) is 0. The van der Waals surface area contributed by atoms with Gasteiger partial charge in [-0.25, -0.2) is 8.42 Å². The maximum atomic E-state index is 12.9. The smallest absolute Gasteiger partial charge is 0.253 e. The minimum atomic E-state index is -3.64. The molecule has 0 aliphatic carbocycles. The van der Waals surface area contributed by atoms with Crippen molar-refractivity contribution in [3.63, 3.8) is 0 Å². The van der Waals surface area contributed by atoms with Gasteiger partial charge in [-0.05, 0) is 49.8 Å². The third kappa shape index (κ3) is 3.67. The average molecular weight is 366 g/mol. The fourth-order valence-corrected chi connectivity index (χ4v) is 5.33. The maximum Gasteiger partial charge on any atom is 0.253 e. The summed E-state index contributed by atoms with van der Waals surface area (Å²) in [7, 11) is -2.19. The lowest BCUT2D eigenvalue weighted by Crippen LogP contribution is -2.39. The predicted octanol–water partition coefficient (Wildman–Crippen LogP) is 2.35. The van der Waals surface area contributed by atoms with Crippen molar-refractivity contribution < 1.29 is 17.9 Å². The van der Waals surface area contributed by atoms with Gasteiger partial charge in [-0.2, -0.15) is 4.31 Å². The van der Waals surface area contributed by atoms with Gasteiger partial charge in [0.15, 0.2) is 0 Å². The molecule has 3 rings (SSSR count). The Kier molecular flexibility index (Phi) is 5.34. The number of sulfonamides is 1. The summed E-state index contributed by atoms with van der Waals surface area (Å²) in [6, 6.07) is 4.72. The van der Waals surface area contributed by atoms with E-state index in [-0.39, 0.29) is 16.6 Å². The van der Waals surface area contributed by atoms with E-state index in [1.165, 1.54) is 17.5 Å². The number of amides is 1. The van der Waals surface area contributed by atoms with Crippen molar-refractivity contribution in [2.45, 2.75) is 37.5 Å². The third-order valence-electron chi connectivity index (χ3n) is 5.04. The quantitative estimate of drug-likeness (QED) is 0.820. The Hall–Kier alpha value is -1.60. The van der Waals surface area contributed by atoms with E-state index >= 15 is 0 Å². The van der Waals surface area contributed by atoms with Crippen molar-refractivity contribution in [2.24, 2.45) is 5.92 Å². The van der Waals surface area contributed by atoms with Crippen LogP contribution in [0.5, 0.6) is 5.75 Å². The van der Waals surface area contributed by atoms with Crippen LogP contribution < -0.4 is 4.74 Å². The molecule has 138 valence electrons. The fraction of sp³-hybridized carbons (Fsp3) is 0.611. The molecule has 0 N–H and O–H groups in total. The van der Waals surface area contributed by atoms with E-state index in [0.29, 0.717) is 24.6 Å². The second-order valence-electron chi connectivity index (χ2n) is 6.98. The number of benzene rings is 1. The molecule has 0 spiro atoms. The predicted molar refractivity (Wildman–Crippen MR) is 95.3 cm³/mol. The van der Waals surface area contributed by atoms with Crippen LogP contribution in [0.2, 0.25) is 0 Å². The second-order valence-corrected chi connectivity index (χ2v) is 8.88. The molecule has 1 amide bonds. The van der Waals surface area contributed by atoms with Crippen LogP contribution in [0.25, 0.3) is 0 Å². The first-order chi connectivity index (χ1) is 11.9. The number of rotatable bonds is 4. The molecule has 1 unspecified atom stereocenters. The van der Waals surface area contributed by atoms with Crippen molar-refractivity contribution in [1.29, 1.82) is 0 Å². The molecule has 2 heterocycles. The van der Waals surface area contributed by atoms with Gasteiger partial charge in [0.2, 0.25) is 10.0 Å². The van der Waals surface area contributed by atoms with E-state index in [9.17, 15) is 13.2 Å². The van der Waals surface area contributed by atoms with Gasteiger partial charge in [0.25, 0.3) is 5.91 Å². The van der Waals surface area contributed by atoms with Gasteiger partial charge in [-0.3, -0.25) is 4.79 Å². The topological polar surface area (TPSA) is 66.9 Å². The molecule has 1 atom stereocenters. The first-order valence-electron chi connectivity index (χ1n) is 8.91. The van der Waals surface area contributed by atoms with E-state index in [2.05, 4.69) is 6.92 Å². The van der Waals surface area contributed by atoms with E-state index in [0.717, 1.165) is 38.8 Å². The van der Waals surface area contributed by atoms with Gasteiger partial charge in [0, 0.05) is 31.7 Å². The summed E-state index contributed by atoms with van der Waals surface area (Å²) in [4.78, 5) is 14.7. The van der Waals surface area contributed by atoms with Crippen LogP contribution in [0, 0.1) is 5.92 Å². The Labute approximate surface area is 149 Å². The Morgan fingerprint density at radius 3 is 2.52 bits per heavy atom. The molecule has 0 saturated carbocycles. The Morgan fingerprint density at radius 1 is 1.16 bits per heavy atom. The highest BCUT2D eigenvalue weighted by Gasteiger charge is 2.31. The molecule has 2 aliphatic rings. The Balaban J connectivity index is 1.93. The van der Waals surface area contributed by atoms with Gasteiger partial charge < -0.3 is 9.64 Å². The molecule has 0 bridgehead atoms. The monoisotopic (exact) mass is 366 g/mol. The lowest BCUT2D eigenvalue weighted by Gasteiger charge is -2.31. The molecule has 2 aliphatic heterocycles. The highest BCUT2D eigenvalue weighted by atomic mass is 32.2. The van der Waals surface area contributed by atoms with Crippen LogP contribution >= 0.6 is 0 Å². The SMILES string of the molecule is COc1ccc(C(=O)N2CCCC(C)C2)cc1S(=O)(=O)N1CCCC1. The van der Waals surface area contributed by atoms with E-state index in [4.69, 9.17) is 4.74 Å². The molecule has 6 nitrogen and oxygen atoms in total. The van der Waals surface area contributed by atoms with Crippen LogP contribution in [0.1, 0.15) is 43.0 Å². The fourth-order valence-electron chi connectivity index (χ4n) is 3.64. The van der Waals surface area contributed by atoms with Crippen molar-refractivity contribution in [2.75, 3.05) is 33.3 Å². The number of likely N-dealkylation sites (tertiary alicyclic amines) is 1. The number of carbonyl (C=O) groups is 1. The lowest BCUT2D eigenvalue weighted by atomic mass is 9.99. The van der Waals surface area contributed by atoms with Crippen LogP contribution in [-0.2, 0) is 10.0 Å². The zero-order chi connectivity index (χ0) is 18.0. The Bertz CT molecular complexity index is 741. The lowest BCUT2D eigenvalue weighted by molar-refractivity contribution is 0.0682. The number of hydrogen-bond acceptors (Lipinski definition) is 4. The zero-order valence-electron chi connectivity index (χ0n) is 14.9.